The Morgan fingerprint density at radius 1 is 1.24 bits per heavy atom. The predicted octanol–water partition coefficient (Wildman–Crippen LogP) is 1.00. The third kappa shape index (κ3) is 2.97. The number of aromatic nitrogens is 3. The van der Waals surface area contributed by atoms with E-state index in [2.05, 4.69) is 26.0 Å². The molecule has 86 valence electrons. The number of carbonyl (C=O) groups excluding carboxylic acids is 1. The maximum Gasteiger partial charge on any atom is 0.262 e. The second kappa shape index (κ2) is 5.02. The van der Waals surface area contributed by atoms with E-state index in [0.29, 0.717) is 5.69 Å². The standard InChI is InChI=1S/C11H11N5O/c1-8(17)14-16-11-13-10(7-12-15-11)9-5-3-2-4-6-9/h2-7H,1H3,(H,14,17)(H,13,15,16). The van der Waals surface area contributed by atoms with Crippen LogP contribution in [-0.4, -0.2) is 21.1 Å². The first kappa shape index (κ1) is 11.0. The summed E-state index contributed by atoms with van der Waals surface area (Å²) in [4.78, 5) is 14.9. The van der Waals surface area contributed by atoms with Gasteiger partial charge in [-0.15, -0.1) is 5.10 Å². The first-order valence-electron chi connectivity index (χ1n) is 5.03. The molecule has 0 unspecified atom stereocenters. The molecular formula is C11H11N5O. The number of anilines is 1. The van der Waals surface area contributed by atoms with Gasteiger partial charge >= 0.3 is 0 Å². The van der Waals surface area contributed by atoms with Gasteiger partial charge in [0.2, 0.25) is 5.91 Å². The second-order valence-electron chi connectivity index (χ2n) is 3.34. The minimum atomic E-state index is -0.223. The van der Waals surface area contributed by atoms with Crippen molar-refractivity contribution in [3.8, 4) is 11.3 Å². The summed E-state index contributed by atoms with van der Waals surface area (Å²) in [5.74, 6) is 0.0280. The van der Waals surface area contributed by atoms with Gasteiger partial charge in [0, 0.05) is 12.5 Å². The molecule has 1 amide bonds. The Morgan fingerprint density at radius 3 is 2.71 bits per heavy atom. The van der Waals surface area contributed by atoms with Crippen molar-refractivity contribution in [2.24, 2.45) is 0 Å². The number of hydrogen-bond donors (Lipinski definition) is 2. The number of amides is 1. The van der Waals surface area contributed by atoms with Crippen molar-refractivity contribution in [2.45, 2.75) is 6.92 Å². The molecule has 0 fully saturated rings. The molecule has 0 bridgehead atoms. The Labute approximate surface area is 98.1 Å². The number of hydrazine groups is 1. The molecule has 1 heterocycles. The molecule has 0 saturated carbocycles. The highest BCUT2D eigenvalue weighted by Gasteiger charge is 2.02. The molecule has 1 aromatic heterocycles. The number of benzene rings is 1. The van der Waals surface area contributed by atoms with Crippen LogP contribution < -0.4 is 10.9 Å². The van der Waals surface area contributed by atoms with Crippen LogP contribution in [0.15, 0.2) is 36.5 Å². The van der Waals surface area contributed by atoms with Gasteiger partial charge in [-0.2, -0.15) is 5.10 Å². The van der Waals surface area contributed by atoms with E-state index in [-0.39, 0.29) is 11.9 Å². The maximum atomic E-state index is 10.7. The van der Waals surface area contributed by atoms with Crippen LogP contribution in [-0.2, 0) is 4.79 Å². The highest BCUT2D eigenvalue weighted by atomic mass is 16.2. The fraction of sp³-hybridized carbons (Fsp3) is 0.0909. The summed E-state index contributed by atoms with van der Waals surface area (Å²) in [6.45, 7) is 1.39. The molecule has 6 nitrogen and oxygen atoms in total. The summed E-state index contributed by atoms with van der Waals surface area (Å²) in [6.07, 6.45) is 1.56. The van der Waals surface area contributed by atoms with Crippen molar-refractivity contribution >= 4 is 11.9 Å². The molecule has 2 aromatic rings. The van der Waals surface area contributed by atoms with Crippen LogP contribution in [0.1, 0.15) is 6.92 Å². The molecule has 0 aliphatic heterocycles. The molecule has 0 aliphatic rings. The monoisotopic (exact) mass is 229 g/mol. The minimum Gasteiger partial charge on any atom is -0.274 e. The van der Waals surface area contributed by atoms with E-state index in [9.17, 15) is 4.79 Å². The van der Waals surface area contributed by atoms with Crippen molar-refractivity contribution in [1.82, 2.24) is 20.6 Å². The highest BCUT2D eigenvalue weighted by molar-refractivity contribution is 5.74. The number of nitrogens with one attached hydrogen (secondary N) is 2. The lowest BCUT2D eigenvalue weighted by atomic mass is 10.2. The summed E-state index contributed by atoms with van der Waals surface area (Å²) in [6, 6.07) is 9.60. The summed E-state index contributed by atoms with van der Waals surface area (Å²) >= 11 is 0. The smallest absolute Gasteiger partial charge is 0.262 e. The first-order chi connectivity index (χ1) is 8.25. The Bertz CT molecular complexity index is 514. The lowest BCUT2D eigenvalue weighted by Gasteiger charge is -2.05. The van der Waals surface area contributed by atoms with E-state index in [0.717, 1.165) is 5.56 Å². The van der Waals surface area contributed by atoms with Crippen molar-refractivity contribution < 1.29 is 4.79 Å². The molecule has 0 spiro atoms. The summed E-state index contributed by atoms with van der Waals surface area (Å²) in [5.41, 5.74) is 6.58. The van der Waals surface area contributed by atoms with Gasteiger partial charge in [-0.1, -0.05) is 30.3 Å². The van der Waals surface area contributed by atoms with E-state index in [1.165, 1.54) is 6.92 Å². The second-order valence-corrected chi connectivity index (χ2v) is 3.34. The summed E-state index contributed by atoms with van der Waals surface area (Å²) in [5, 5.41) is 7.56. The first-order valence-corrected chi connectivity index (χ1v) is 5.03. The fourth-order valence-electron chi connectivity index (χ4n) is 1.25. The van der Waals surface area contributed by atoms with Crippen LogP contribution in [0.3, 0.4) is 0 Å². The lowest BCUT2D eigenvalue weighted by Crippen LogP contribution is -2.27. The predicted molar refractivity (Wildman–Crippen MR) is 62.7 cm³/mol. The van der Waals surface area contributed by atoms with Gasteiger partial charge in [0.15, 0.2) is 0 Å². The van der Waals surface area contributed by atoms with Crippen LogP contribution in [0.25, 0.3) is 11.3 Å². The van der Waals surface area contributed by atoms with Crippen LogP contribution >= 0.6 is 0 Å². The van der Waals surface area contributed by atoms with Crippen molar-refractivity contribution in [3.05, 3.63) is 36.5 Å². The van der Waals surface area contributed by atoms with Gasteiger partial charge in [-0.05, 0) is 0 Å². The lowest BCUT2D eigenvalue weighted by molar-refractivity contribution is -0.118. The summed E-state index contributed by atoms with van der Waals surface area (Å²) < 4.78 is 0. The normalized spacial score (nSPS) is 9.71. The van der Waals surface area contributed by atoms with E-state index in [1.807, 2.05) is 30.3 Å². The van der Waals surface area contributed by atoms with Crippen LogP contribution in [0, 0.1) is 0 Å². The largest absolute Gasteiger partial charge is 0.274 e. The quantitative estimate of drug-likeness (QED) is 0.767. The number of nitrogens with zero attached hydrogens (tertiary/aromatic N) is 3. The number of carbonyl (C=O) groups is 1. The van der Waals surface area contributed by atoms with Crippen LogP contribution in [0.4, 0.5) is 5.95 Å². The zero-order valence-corrected chi connectivity index (χ0v) is 9.21. The third-order valence-corrected chi connectivity index (χ3v) is 1.98. The molecule has 1 aromatic carbocycles. The molecular weight excluding hydrogens is 218 g/mol. The molecule has 2 rings (SSSR count). The molecule has 0 aliphatic carbocycles. The van der Waals surface area contributed by atoms with Gasteiger partial charge < -0.3 is 0 Å². The van der Waals surface area contributed by atoms with Gasteiger partial charge in [-0.3, -0.25) is 15.6 Å². The van der Waals surface area contributed by atoms with Gasteiger partial charge in [0.25, 0.3) is 5.95 Å². The number of hydrogen-bond acceptors (Lipinski definition) is 5. The molecule has 6 heteroatoms. The van der Waals surface area contributed by atoms with E-state index >= 15 is 0 Å². The zero-order chi connectivity index (χ0) is 12.1. The van der Waals surface area contributed by atoms with E-state index < -0.39 is 0 Å². The van der Waals surface area contributed by atoms with Crippen LogP contribution in [0.5, 0.6) is 0 Å². The van der Waals surface area contributed by atoms with Crippen molar-refractivity contribution in [2.75, 3.05) is 5.43 Å². The molecule has 0 atom stereocenters. The van der Waals surface area contributed by atoms with Gasteiger partial charge in [-0.25, -0.2) is 4.98 Å². The van der Waals surface area contributed by atoms with E-state index in [1.54, 1.807) is 6.20 Å². The highest BCUT2D eigenvalue weighted by Crippen LogP contribution is 2.15. The molecule has 0 saturated heterocycles. The fourth-order valence-corrected chi connectivity index (χ4v) is 1.25. The SMILES string of the molecule is CC(=O)NNc1nncc(-c2ccccc2)n1. The molecule has 0 radical (unpaired) electrons. The van der Waals surface area contributed by atoms with Crippen molar-refractivity contribution in [1.29, 1.82) is 0 Å². The van der Waals surface area contributed by atoms with Gasteiger partial charge in [0.1, 0.15) is 0 Å². The number of rotatable bonds is 3. The van der Waals surface area contributed by atoms with Gasteiger partial charge in [0.05, 0.1) is 11.9 Å². The Kier molecular flexibility index (Phi) is 3.25. The van der Waals surface area contributed by atoms with Crippen LogP contribution in [0.2, 0.25) is 0 Å². The summed E-state index contributed by atoms with van der Waals surface area (Å²) in [7, 11) is 0. The Hall–Kier alpha value is -2.50. The Balaban J connectivity index is 2.20. The average molecular weight is 229 g/mol. The molecule has 2 N–H and O–H groups in total. The van der Waals surface area contributed by atoms with E-state index in [4.69, 9.17) is 0 Å². The van der Waals surface area contributed by atoms with Crippen molar-refractivity contribution in [3.63, 3.8) is 0 Å². The molecule has 17 heavy (non-hydrogen) atoms. The third-order valence-electron chi connectivity index (χ3n) is 1.98. The Morgan fingerprint density at radius 2 is 2.00 bits per heavy atom. The minimum absolute atomic E-state index is 0.223. The average Bonchev–Trinajstić information content (AvgIpc) is 2.38. The zero-order valence-electron chi connectivity index (χ0n) is 9.21. The maximum absolute atomic E-state index is 10.7. The topological polar surface area (TPSA) is 79.8 Å².